The van der Waals surface area contributed by atoms with Crippen molar-refractivity contribution in [1.82, 2.24) is 24.8 Å². The number of nitrogens with zero attached hydrogens (tertiary/aromatic N) is 6. The molecule has 9 nitrogen and oxygen atoms in total. The molecule has 0 aliphatic carbocycles. The summed E-state index contributed by atoms with van der Waals surface area (Å²) in [4.78, 5) is 34.3. The Hall–Kier alpha value is -4.49. The number of amides is 1. The van der Waals surface area contributed by atoms with Gasteiger partial charge in [-0.1, -0.05) is 36.3 Å². The summed E-state index contributed by atoms with van der Waals surface area (Å²) in [5, 5.41) is 2.34. The van der Waals surface area contributed by atoms with Crippen molar-refractivity contribution < 1.29 is 18.7 Å². The van der Waals surface area contributed by atoms with E-state index in [9.17, 15) is 4.79 Å². The number of fused-ring (bicyclic) bond motifs is 5. The Labute approximate surface area is 286 Å². The highest BCUT2D eigenvalue weighted by Gasteiger charge is 2.46. The molecule has 254 valence electrons. The van der Waals surface area contributed by atoms with Gasteiger partial charge in [-0.2, -0.15) is 9.97 Å². The maximum Gasteiger partial charge on any atom is 0.410 e. The summed E-state index contributed by atoms with van der Waals surface area (Å²) in [5.41, 5.74) is 1.28. The van der Waals surface area contributed by atoms with Gasteiger partial charge < -0.3 is 14.4 Å². The van der Waals surface area contributed by atoms with Gasteiger partial charge in [-0.3, -0.25) is 14.8 Å². The molecule has 49 heavy (non-hydrogen) atoms. The molecule has 2 aromatic carbocycles. The lowest BCUT2D eigenvalue weighted by molar-refractivity contribution is 0.0122. The second kappa shape index (κ2) is 12.1. The number of rotatable bonds is 5. The van der Waals surface area contributed by atoms with Crippen LogP contribution in [0, 0.1) is 17.7 Å². The molecule has 0 N–H and O–H groups in total. The molecule has 1 amide bonds. The first-order chi connectivity index (χ1) is 23.6. The van der Waals surface area contributed by atoms with Crippen LogP contribution in [-0.2, 0) is 4.74 Å². The fourth-order valence-electron chi connectivity index (χ4n) is 8.64. The highest BCUT2D eigenvalue weighted by atomic mass is 19.1. The van der Waals surface area contributed by atoms with E-state index in [1.54, 1.807) is 13.1 Å². The van der Waals surface area contributed by atoms with E-state index in [-0.39, 0.29) is 40.9 Å². The minimum Gasteiger partial charge on any atom is -0.461 e. The minimum atomic E-state index is -0.578. The lowest BCUT2D eigenvalue weighted by atomic mass is 9.95. The molecular formula is C39H43FN6O3. The van der Waals surface area contributed by atoms with Gasteiger partial charge in [0.1, 0.15) is 29.2 Å². The van der Waals surface area contributed by atoms with Crippen LogP contribution in [0.2, 0.25) is 0 Å². The highest BCUT2D eigenvalue weighted by Crippen LogP contribution is 2.41. The van der Waals surface area contributed by atoms with Gasteiger partial charge in [-0.15, -0.1) is 5.92 Å². The Morgan fingerprint density at radius 2 is 1.76 bits per heavy atom. The Balaban J connectivity index is 1.21. The van der Waals surface area contributed by atoms with Crippen LogP contribution in [0.25, 0.3) is 32.9 Å². The summed E-state index contributed by atoms with van der Waals surface area (Å²) >= 11 is 0. The predicted molar refractivity (Wildman–Crippen MR) is 188 cm³/mol. The molecule has 0 saturated carbocycles. The Morgan fingerprint density at radius 1 is 1.04 bits per heavy atom. The van der Waals surface area contributed by atoms with Crippen molar-refractivity contribution in [3.8, 4) is 29.1 Å². The topological polar surface area (TPSA) is 83.9 Å². The molecule has 4 aromatic rings. The highest BCUT2D eigenvalue weighted by molar-refractivity contribution is 6.02. The molecule has 2 aromatic heterocycles. The predicted octanol–water partition coefficient (Wildman–Crippen LogP) is 6.95. The lowest BCUT2D eigenvalue weighted by Crippen LogP contribution is -2.57. The van der Waals surface area contributed by atoms with Gasteiger partial charge in [0.2, 0.25) is 0 Å². The number of hydrogen-bond acceptors (Lipinski definition) is 8. The Kier molecular flexibility index (Phi) is 7.86. The number of benzene rings is 2. The van der Waals surface area contributed by atoms with Gasteiger partial charge >= 0.3 is 12.1 Å². The van der Waals surface area contributed by atoms with Crippen LogP contribution in [0.15, 0.2) is 42.6 Å². The van der Waals surface area contributed by atoms with E-state index < -0.39 is 11.4 Å². The zero-order valence-corrected chi connectivity index (χ0v) is 28.8. The van der Waals surface area contributed by atoms with Gasteiger partial charge in [0.25, 0.3) is 0 Å². The molecule has 2 atom stereocenters. The summed E-state index contributed by atoms with van der Waals surface area (Å²) in [7, 11) is 0. The average molecular weight is 663 g/mol. The number of anilines is 1. The third-order valence-corrected chi connectivity index (χ3v) is 10.7. The maximum atomic E-state index is 17.0. The molecule has 4 fully saturated rings. The standard InChI is InChI=1S/C39H43FN6O3/c1-5-10-25-11-6-12-26-13-7-14-29(31(25)26)33-32(40)34-30(21-41-33)35(43-36(42-34)48-24-39-17-8-19-45(39)20-9-18-39)44-22-27-15-16-28(23-44)46(27)37(47)49-38(2,3)4/h6-7,11-14,21,27-28H,8-9,15-20,22-24H2,1-4H3. The molecule has 10 heteroatoms. The van der Waals surface area contributed by atoms with Crippen LogP contribution in [0.5, 0.6) is 6.01 Å². The second-order valence-corrected chi connectivity index (χ2v) is 15.0. The van der Waals surface area contributed by atoms with Crippen molar-refractivity contribution in [1.29, 1.82) is 0 Å². The van der Waals surface area contributed by atoms with Gasteiger partial charge in [-0.25, -0.2) is 9.18 Å². The number of piperazine rings is 1. The van der Waals surface area contributed by atoms with Crippen LogP contribution in [-0.4, -0.2) is 86.9 Å². The van der Waals surface area contributed by atoms with Crippen LogP contribution in [0.3, 0.4) is 0 Å². The van der Waals surface area contributed by atoms with Crippen molar-refractivity contribution in [2.45, 2.75) is 89.4 Å². The van der Waals surface area contributed by atoms with Crippen molar-refractivity contribution >= 4 is 33.6 Å². The molecule has 6 heterocycles. The van der Waals surface area contributed by atoms with E-state index in [4.69, 9.17) is 24.4 Å². The SMILES string of the molecule is CC#Cc1cccc2cccc(-c3ncc4c(N5CC6CCC(C5)N6C(=O)OC(C)(C)C)nc(OCC56CCCN5CCC6)nc4c3F)c12. The summed E-state index contributed by atoms with van der Waals surface area (Å²) in [6.07, 6.45) is 7.60. The van der Waals surface area contributed by atoms with Crippen LogP contribution in [0.1, 0.15) is 71.8 Å². The lowest BCUT2D eigenvalue weighted by Gasteiger charge is -2.42. The number of pyridine rings is 1. The van der Waals surface area contributed by atoms with Crippen molar-refractivity contribution in [2.24, 2.45) is 0 Å². The number of hydrogen-bond donors (Lipinski definition) is 0. The molecule has 2 bridgehead atoms. The summed E-state index contributed by atoms with van der Waals surface area (Å²) in [6.45, 7) is 11.2. The molecule has 8 rings (SSSR count). The molecule has 2 unspecified atom stereocenters. The first kappa shape index (κ1) is 31.8. The number of aromatic nitrogens is 3. The van der Waals surface area contributed by atoms with Crippen LogP contribution >= 0.6 is 0 Å². The van der Waals surface area contributed by atoms with Crippen molar-refractivity contribution in [3.63, 3.8) is 0 Å². The zero-order valence-electron chi connectivity index (χ0n) is 28.8. The van der Waals surface area contributed by atoms with Gasteiger partial charge in [0.15, 0.2) is 5.82 Å². The van der Waals surface area contributed by atoms with Gasteiger partial charge in [0.05, 0.1) is 23.0 Å². The van der Waals surface area contributed by atoms with E-state index in [1.165, 1.54) is 0 Å². The minimum absolute atomic E-state index is 0.0156. The first-order valence-corrected chi connectivity index (χ1v) is 17.6. The van der Waals surface area contributed by atoms with Crippen molar-refractivity contribution in [3.05, 3.63) is 54.0 Å². The second-order valence-electron chi connectivity index (χ2n) is 15.0. The zero-order chi connectivity index (χ0) is 33.9. The Morgan fingerprint density at radius 3 is 2.45 bits per heavy atom. The molecular weight excluding hydrogens is 619 g/mol. The van der Waals surface area contributed by atoms with E-state index in [0.29, 0.717) is 36.5 Å². The molecule has 0 spiro atoms. The molecule has 4 aliphatic heterocycles. The number of ether oxygens (including phenoxy) is 2. The quantitative estimate of drug-likeness (QED) is 0.213. The van der Waals surface area contributed by atoms with E-state index in [0.717, 1.165) is 68.0 Å². The van der Waals surface area contributed by atoms with Crippen LogP contribution < -0.4 is 9.64 Å². The van der Waals surface area contributed by atoms with Crippen molar-refractivity contribution in [2.75, 3.05) is 37.7 Å². The van der Waals surface area contributed by atoms with Gasteiger partial charge in [0, 0.05) is 35.8 Å². The molecule has 4 saturated heterocycles. The first-order valence-electron chi connectivity index (χ1n) is 17.6. The van der Waals surface area contributed by atoms with Crippen LogP contribution in [0.4, 0.5) is 15.0 Å². The molecule has 0 radical (unpaired) electrons. The third kappa shape index (κ3) is 5.62. The largest absolute Gasteiger partial charge is 0.461 e. The maximum absolute atomic E-state index is 17.0. The number of halogens is 1. The summed E-state index contributed by atoms with van der Waals surface area (Å²) < 4.78 is 29.3. The van der Waals surface area contributed by atoms with E-state index >= 15 is 4.39 Å². The Bertz CT molecular complexity index is 1990. The smallest absolute Gasteiger partial charge is 0.410 e. The fraction of sp³-hybridized carbons (Fsp3) is 0.487. The summed E-state index contributed by atoms with van der Waals surface area (Å²) in [5.74, 6) is 6.24. The monoisotopic (exact) mass is 662 g/mol. The fourth-order valence-corrected chi connectivity index (χ4v) is 8.64. The third-order valence-electron chi connectivity index (χ3n) is 10.7. The molecule has 4 aliphatic rings. The van der Waals surface area contributed by atoms with E-state index in [1.807, 2.05) is 62.1 Å². The van der Waals surface area contributed by atoms with E-state index in [2.05, 4.69) is 21.6 Å². The normalized spacial score (nSPS) is 21.6. The average Bonchev–Trinajstić information content (AvgIpc) is 3.74. The number of carbonyl (C=O) groups excluding carboxylic acids is 1. The van der Waals surface area contributed by atoms with Gasteiger partial charge in [-0.05, 0) is 90.8 Å². The summed E-state index contributed by atoms with van der Waals surface area (Å²) in [6, 6.07) is 11.8. The number of carbonyl (C=O) groups is 1.